The summed E-state index contributed by atoms with van der Waals surface area (Å²) in [7, 11) is 0. The minimum absolute atomic E-state index is 0.0839. The van der Waals surface area contributed by atoms with E-state index in [0.717, 1.165) is 30.9 Å². The lowest BCUT2D eigenvalue weighted by atomic mass is 10.2. The van der Waals surface area contributed by atoms with E-state index in [2.05, 4.69) is 16.0 Å². The lowest BCUT2D eigenvalue weighted by Gasteiger charge is -2.12. The Labute approximate surface area is 211 Å². The number of carbonyl (C=O) groups is 2. The zero-order valence-corrected chi connectivity index (χ0v) is 20.1. The highest BCUT2D eigenvalue weighted by Gasteiger charge is 2.16. The Hall–Kier alpha value is -4.04. The van der Waals surface area contributed by atoms with E-state index >= 15 is 0 Å². The average Bonchev–Trinajstić information content (AvgIpc) is 3.44. The molecule has 3 aromatic rings. The van der Waals surface area contributed by atoms with Crippen molar-refractivity contribution in [3.63, 3.8) is 0 Å². The maximum atomic E-state index is 12.4. The Morgan fingerprint density at radius 1 is 0.861 bits per heavy atom. The summed E-state index contributed by atoms with van der Waals surface area (Å²) >= 11 is 0. The first-order chi connectivity index (χ1) is 17.7. The number of nitrogens with one attached hydrogen (secondary N) is 3. The van der Waals surface area contributed by atoms with Crippen molar-refractivity contribution >= 4 is 23.2 Å². The molecule has 1 heterocycles. The summed E-state index contributed by atoms with van der Waals surface area (Å²) in [4.78, 5) is 24.7. The van der Waals surface area contributed by atoms with Gasteiger partial charge in [0.1, 0.15) is 24.7 Å². The first-order valence-corrected chi connectivity index (χ1v) is 12.1. The fourth-order valence-electron chi connectivity index (χ4n) is 3.74. The van der Waals surface area contributed by atoms with E-state index < -0.39 is 0 Å². The van der Waals surface area contributed by atoms with Gasteiger partial charge in [0.2, 0.25) is 5.91 Å². The number of hydrogen-bond donors (Lipinski definition) is 3. The minimum Gasteiger partial charge on any atom is -0.490 e. The molecule has 0 aliphatic carbocycles. The summed E-state index contributed by atoms with van der Waals surface area (Å²) in [6, 6.07) is 23.8. The molecule has 188 valence electrons. The molecule has 4 rings (SSSR count). The van der Waals surface area contributed by atoms with Gasteiger partial charge in [-0.25, -0.2) is 0 Å². The average molecular weight is 490 g/mol. The number of hydrogen-bond acceptors (Lipinski definition) is 6. The second kappa shape index (κ2) is 13.2. The van der Waals surface area contributed by atoms with Crippen LogP contribution >= 0.6 is 0 Å². The van der Waals surface area contributed by atoms with Crippen LogP contribution in [0.1, 0.15) is 23.2 Å². The molecule has 1 fully saturated rings. The first-order valence-electron chi connectivity index (χ1n) is 12.1. The molecule has 3 aromatic carbocycles. The molecule has 3 N–H and O–H groups in total. The Morgan fingerprint density at radius 2 is 1.61 bits per heavy atom. The molecule has 8 heteroatoms. The molecule has 8 nitrogen and oxygen atoms in total. The zero-order valence-electron chi connectivity index (χ0n) is 20.1. The zero-order chi connectivity index (χ0) is 25.0. The Balaban J connectivity index is 1.16. The van der Waals surface area contributed by atoms with Gasteiger partial charge in [-0.3, -0.25) is 9.59 Å². The number of amides is 2. The van der Waals surface area contributed by atoms with Gasteiger partial charge >= 0.3 is 0 Å². The number of anilines is 2. The van der Waals surface area contributed by atoms with Crippen molar-refractivity contribution < 1.29 is 23.8 Å². The van der Waals surface area contributed by atoms with Crippen LogP contribution in [0.25, 0.3) is 0 Å². The molecule has 0 saturated carbocycles. The van der Waals surface area contributed by atoms with Crippen LogP contribution in [0, 0.1) is 0 Å². The first kappa shape index (κ1) is 25.1. The van der Waals surface area contributed by atoms with Gasteiger partial charge in [-0.05, 0) is 61.4 Å². The third kappa shape index (κ3) is 8.02. The van der Waals surface area contributed by atoms with Crippen molar-refractivity contribution in [2.45, 2.75) is 18.9 Å². The lowest BCUT2D eigenvalue weighted by Crippen LogP contribution is -2.31. The number of rotatable bonds is 12. The number of carbonyl (C=O) groups excluding carboxylic acids is 2. The standard InChI is InChI=1S/C28H31N3O5/c32-27(20-29-22-13-11-21(12-14-22)28(33)30-19-26-10-5-15-34-26)31-23-6-4-9-25(18-23)36-17-16-35-24-7-2-1-3-8-24/h1-4,6-9,11-14,18,26,29H,5,10,15-17,19-20H2,(H,30,33)(H,31,32). The second-order valence-electron chi connectivity index (χ2n) is 8.36. The predicted molar refractivity (Wildman–Crippen MR) is 139 cm³/mol. The molecule has 36 heavy (non-hydrogen) atoms. The van der Waals surface area contributed by atoms with Gasteiger partial charge in [-0.2, -0.15) is 0 Å². The maximum absolute atomic E-state index is 12.4. The summed E-state index contributed by atoms with van der Waals surface area (Å²) in [6.07, 6.45) is 2.12. The third-order valence-electron chi connectivity index (χ3n) is 5.60. The maximum Gasteiger partial charge on any atom is 0.251 e. The molecule has 0 aromatic heterocycles. The van der Waals surface area contributed by atoms with E-state index in [1.807, 2.05) is 42.5 Å². The van der Waals surface area contributed by atoms with E-state index in [0.29, 0.717) is 36.8 Å². The summed E-state index contributed by atoms with van der Waals surface area (Å²) in [5.41, 5.74) is 1.95. The SMILES string of the molecule is O=C(CNc1ccc(C(=O)NCC2CCCO2)cc1)Nc1cccc(OCCOc2ccccc2)c1. The van der Waals surface area contributed by atoms with Crippen LogP contribution in [0.4, 0.5) is 11.4 Å². The highest BCUT2D eigenvalue weighted by molar-refractivity contribution is 5.95. The van der Waals surface area contributed by atoms with E-state index in [1.165, 1.54) is 0 Å². The Morgan fingerprint density at radius 3 is 2.36 bits per heavy atom. The van der Waals surface area contributed by atoms with E-state index in [-0.39, 0.29) is 24.5 Å². The van der Waals surface area contributed by atoms with Crippen molar-refractivity contribution in [2.75, 3.05) is 43.5 Å². The third-order valence-corrected chi connectivity index (χ3v) is 5.60. The van der Waals surface area contributed by atoms with Gasteiger partial charge in [-0.1, -0.05) is 24.3 Å². The van der Waals surface area contributed by atoms with Crippen molar-refractivity contribution in [3.8, 4) is 11.5 Å². The van der Waals surface area contributed by atoms with Crippen molar-refractivity contribution in [2.24, 2.45) is 0 Å². The normalized spacial score (nSPS) is 14.6. The second-order valence-corrected chi connectivity index (χ2v) is 8.36. The van der Waals surface area contributed by atoms with Crippen LogP contribution in [0.15, 0.2) is 78.9 Å². The summed E-state index contributed by atoms with van der Waals surface area (Å²) in [5, 5.41) is 8.82. The molecule has 1 aliphatic rings. The summed E-state index contributed by atoms with van der Waals surface area (Å²) < 4.78 is 16.9. The molecule has 1 atom stereocenters. The molecule has 1 unspecified atom stereocenters. The van der Waals surface area contributed by atoms with Crippen LogP contribution in [-0.2, 0) is 9.53 Å². The number of para-hydroxylation sites is 1. The Kier molecular flexibility index (Phi) is 9.16. The number of benzene rings is 3. The van der Waals surface area contributed by atoms with Crippen molar-refractivity contribution in [1.82, 2.24) is 5.32 Å². The quantitative estimate of drug-likeness (QED) is 0.332. The molecule has 1 aliphatic heterocycles. The van der Waals surface area contributed by atoms with Crippen LogP contribution in [-0.4, -0.2) is 50.8 Å². The van der Waals surface area contributed by atoms with Gasteiger partial charge in [0.05, 0.1) is 12.6 Å². The van der Waals surface area contributed by atoms with Crippen molar-refractivity contribution in [1.29, 1.82) is 0 Å². The van der Waals surface area contributed by atoms with E-state index in [1.54, 1.807) is 36.4 Å². The van der Waals surface area contributed by atoms with Crippen LogP contribution in [0.2, 0.25) is 0 Å². The molecular weight excluding hydrogens is 458 g/mol. The highest BCUT2D eigenvalue weighted by atomic mass is 16.5. The Bertz CT molecular complexity index is 1120. The molecule has 0 bridgehead atoms. The smallest absolute Gasteiger partial charge is 0.251 e. The summed E-state index contributed by atoms with van der Waals surface area (Å²) in [6.45, 7) is 2.17. The molecule has 2 amide bonds. The molecule has 1 saturated heterocycles. The monoisotopic (exact) mass is 489 g/mol. The van der Waals surface area contributed by atoms with Gasteiger partial charge in [0, 0.05) is 36.2 Å². The van der Waals surface area contributed by atoms with Crippen molar-refractivity contribution in [3.05, 3.63) is 84.4 Å². The van der Waals surface area contributed by atoms with Gasteiger partial charge in [0.25, 0.3) is 5.91 Å². The largest absolute Gasteiger partial charge is 0.490 e. The lowest BCUT2D eigenvalue weighted by molar-refractivity contribution is -0.114. The fraction of sp³-hybridized carbons (Fsp3) is 0.286. The molecule has 0 radical (unpaired) electrons. The fourth-order valence-corrected chi connectivity index (χ4v) is 3.74. The predicted octanol–water partition coefficient (Wildman–Crippen LogP) is 4.10. The topological polar surface area (TPSA) is 97.9 Å². The van der Waals surface area contributed by atoms with Gasteiger partial charge < -0.3 is 30.2 Å². The minimum atomic E-state index is -0.196. The van der Waals surface area contributed by atoms with Gasteiger partial charge in [0.15, 0.2) is 0 Å². The number of ether oxygens (including phenoxy) is 3. The molecule has 0 spiro atoms. The van der Waals surface area contributed by atoms with Crippen LogP contribution in [0.5, 0.6) is 11.5 Å². The van der Waals surface area contributed by atoms with Crippen LogP contribution < -0.4 is 25.4 Å². The highest BCUT2D eigenvalue weighted by Crippen LogP contribution is 2.18. The summed E-state index contributed by atoms with van der Waals surface area (Å²) in [5.74, 6) is 1.11. The van der Waals surface area contributed by atoms with E-state index in [4.69, 9.17) is 14.2 Å². The van der Waals surface area contributed by atoms with Crippen LogP contribution in [0.3, 0.4) is 0 Å². The van der Waals surface area contributed by atoms with Gasteiger partial charge in [-0.15, -0.1) is 0 Å². The van der Waals surface area contributed by atoms with E-state index in [9.17, 15) is 9.59 Å². The molecular formula is C28H31N3O5.